The summed E-state index contributed by atoms with van der Waals surface area (Å²) in [6.45, 7) is 15.2. The molecule has 0 aliphatic heterocycles. The van der Waals surface area contributed by atoms with Crippen LogP contribution in [0.25, 0.3) is 0 Å². The summed E-state index contributed by atoms with van der Waals surface area (Å²) in [5.74, 6) is -0.350. The van der Waals surface area contributed by atoms with Gasteiger partial charge in [-0.25, -0.2) is 0 Å². The minimum Gasteiger partial charge on any atom is -0.508 e. The smallest absolute Gasteiger partial charge is 0.156 e. The van der Waals surface area contributed by atoms with Crippen molar-refractivity contribution < 1.29 is 9.90 Å². The normalized spacial score (nSPS) is 15.2. The van der Waals surface area contributed by atoms with Crippen molar-refractivity contribution in [3.8, 4) is 6.07 Å². The molecule has 0 bridgehead atoms. The van der Waals surface area contributed by atoms with Crippen LogP contribution < -0.4 is 0 Å². The van der Waals surface area contributed by atoms with Crippen LogP contribution in [-0.2, 0) is 4.79 Å². The SMILES string of the molecule is C=C1C=C(C)C(C)=C([C@@H](C(C(C)=O)=C(C)C)c2ccc(C#N)cc2C)C(O)=C1. The second kappa shape index (κ2) is 8.27. The zero-order chi connectivity index (χ0) is 21.2. The molecule has 1 aliphatic carbocycles. The topological polar surface area (TPSA) is 61.1 Å². The molecule has 0 amide bonds. The number of benzene rings is 1. The number of aliphatic hydroxyl groups is 1. The van der Waals surface area contributed by atoms with Crippen LogP contribution in [0.4, 0.5) is 0 Å². The summed E-state index contributed by atoms with van der Waals surface area (Å²) < 4.78 is 0. The summed E-state index contributed by atoms with van der Waals surface area (Å²) in [7, 11) is 0. The summed E-state index contributed by atoms with van der Waals surface area (Å²) in [6.07, 6.45) is 3.57. The predicted molar refractivity (Wildman–Crippen MR) is 114 cm³/mol. The lowest BCUT2D eigenvalue weighted by molar-refractivity contribution is -0.113. The van der Waals surface area contributed by atoms with Gasteiger partial charge in [-0.15, -0.1) is 0 Å². The van der Waals surface area contributed by atoms with Crippen LogP contribution in [0.2, 0.25) is 0 Å². The lowest BCUT2D eigenvalue weighted by atomic mass is 9.76. The predicted octanol–water partition coefficient (Wildman–Crippen LogP) is 6.15. The number of ketones is 1. The molecule has 2 rings (SSSR count). The molecule has 3 heteroatoms. The van der Waals surface area contributed by atoms with E-state index in [0.29, 0.717) is 22.3 Å². The molecule has 0 fully saturated rings. The van der Waals surface area contributed by atoms with Crippen LogP contribution in [-0.4, -0.2) is 10.9 Å². The maximum Gasteiger partial charge on any atom is 0.156 e. The molecule has 0 radical (unpaired) electrons. The van der Waals surface area contributed by atoms with Gasteiger partial charge in [-0.2, -0.15) is 5.26 Å². The van der Waals surface area contributed by atoms with E-state index in [1.807, 2.05) is 52.8 Å². The van der Waals surface area contributed by atoms with Crippen LogP contribution in [0.3, 0.4) is 0 Å². The number of carbonyl (C=O) groups excluding carboxylic acids is 1. The monoisotopic (exact) mass is 373 g/mol. The van der Waals surface area contributed by atoms with Gasteiger partial charge in [0, 0.05) is 17.1 Å². The van der Waals surface area contributed by atoms with Crippen LogP contribution in [0, 0.1) is 18.3 Å². The van der Waals surface area contributed by atoms with Crippen molar-refractivity contribution in [2.45, 2.75) is 47.5 Å². The lowest BCUT2D eigenvalue weighted by Crippen LogP contribution is -2.17. The van der Waals surface area contributed by atoms with Gasteiger partial charge in [-0.05, 0) is 87.6 Å². The molecular weight excluding hydrogens is 346 g/mol. The minimum atomic E-state index is -0.430. The number of hydrogen-bond acceptors (Lipinski definition) is 3. The number of nitriles is 1. The summed E-state index contributed by atoms with van der Waals surface area (Å²) in [5.41, 5.74) is 7.25. The second-order valence-electron chi connectivity index (χ2n) is 7.56. The number of rotatable bonds is 4. The van der Waals surface area contributed by atoms with Gasteiger partial charge in [0.15, 0.2) is 5.78 Å². The first-order valence-corrected chi connectivity index (χ1v) is 9.26. The van der Waals surface area contributed by atoms with E-state index in [2.05, 4.69) is 12.6 Å². The Bertz CT molecular complexity index is 1020. The molecule has 1 N–H and O–H groups in total. The highest BCUT2D eigenvalue weighted by Gasteiger charge is 2.31. The molecule has 144 valence electrons. The molecule has 28 heavy (non-hydrogen) atoms. The van der Waals surface area contributed by atoms with E-state index in [9.17, 15) is 15.2 Å². The number of allylic oxidation sites excluding steroid dienone is 8. The molecule has 0 unspecified atom stereocenters. The summed E-state index contributed by atoms with van der Waals surface area (Å²) in [4.78, 5) is 12.7. The molecule has 0 saturated heterocycles. The zero-order valence-corrected chi connectivity index (χ0v) is 17.5. The highest BCUT2D eigenvalue weighted by molar-refractivity contribution is 5.96. The third-order valence-corrected chi connectivity index (χ3v) is 5.20. The van der Waals surface area contributed by atoms with Crippen LogP contribution in [0.1, 0.15) is 57.2 Å². The Hall–Kier alpha value is -3.12. The number of aryl methyl sites for hydroxylation is 1. The highest BCUT2D eigenvalue weighted by atomic mass is 16.3. The van der Waals surface area contributed by atoms with Crippen molar-refractivity contribution in [2.75, 3.05) is 0 Å². The average Bonchev–Trinajstić information content (AvgIpc) is 2.68. The first-order chi connectivity index (χ1) is 13.1. The van der Waals surface area contributed by atoms with Crippen LogP contribution >= 0.6 is 0 Å². The number of hydrogen-bond donors (Lipinski definition) is 1. The van der Waals surface area contributed by atoms with E-state index >= 15 is 0 Å². The molecule has 3 nitrogen and oxygen atoms in total. The van der Waals surface area contributed by atoms with Gasteiger partial charge in [0.05, 0.1) is 11.6 Å². The molecule has 1 aliphatic rings. The van der Waals surface area contributed by atoms with E-state index in [0.717, 1.165) is 27.8 Å². The van der Waals surface area contributed by atoms with Gasteiger partial charge in [0.2, 0.25) is 0 Å². The summed E-state index contributed by atoms with van der Waals surface area (Å²) >= 11 is 0. The molecule has 0 saturated carbocycles. The second-order valence-corrected chi connectivity index (χ2v) is 7.56. The first-order valence-electron chi connectivity index (χ1n) is 9.26. The van der Waals surface area contributed by atoms with Gasteiger partial charge < -0.3 is 5.11 Å². The quantitative estimate of drug-likeness (QED) is 0.644. The standard InChI is InChI=1S/C25H27NO2/c1-14(2)23(19(7)27)25(21-9-8-20(13-26)12-17(21)5)24-18(6)16(4)10-15(3)11-22(24)28/h8-12,25,28H,3H2,1-2,4-7H3/t25-/m1/s1. The lowest BCUT2D eigenvalue weighted by Gasteiger charge is -2.27. The van der Waals surface area contributed by atoms with Crippen molar-refractivity contribution in [3.05, 3.63) is 92.8 Å². The number of nitrogens with zero attached hydrogens (tertiary/aromatic N) is 1. The van der Waals surface area contributed by atoms with Crippen LogP contribution in [0.15, 0.2) is 76.1 Å². The maximum atomic E-state index is 12.7. The van der Waals surface area contributed by atoms with Gasteiger partial charge in [0.25, 0.3) is 0 Å². The third kappa shape index (κ3) is 4.07. The Kier molecular flexibility index (Phi) is 6.26. The van der Waals surface area contributed by atoms with E-state index in [1.165, 1.54) is 0 Å². The zero-order valence-electron chi connectivity index (χ0n) is 17.5. The Morgan fingerprint density at radius 2 is 1.79 bits per heavy atom. The average molecular weight is 373 g/mol. The fourth-order valence-corrected chi connectivity index (χ4v) is 3.82. The minimum absolute atomic E-state index is 0.0356. The summed E-state index contributed by atoms with van der Waals surface area (Å²) in [6, 6.07) is 7.62. The number of aliphatic hydroxyl groups excluding tert-OH is 1. The number of Topliss-reactive ketones (excluding diaryl/α,β-unsaturated/α-hetero) is 1. The highest BCUT2D eigenvalue weighted by Crippen LogP contribution is 2.42. The van der Waals surface area contributed by atoms with Crippen molar-refractivity contribution in [1.29, 1.82) is 5.26 Å². The van der Waals surface area contributed by atoms with Crippen molar-refractivity contribution in [1.82, 2.24) is 0 Å². The first kappa shape index (κ1) is 21.2. The van der Waals surface area contributed by atoms with Gasteiger partial charge in [0.1, 0.15) is 5.76 Å². The summed E-state index contributed by atoms with van der Waals surface area (Å²) in [5, 5.41) is 20.2. The Morgan fingerprint density at radius 1 is 1.14 bits per heavy atom. The van der Waals surface area contributed by atoms with Gasteiger partial charge in [-0.1, -0.05) is 24.3 Å². The van der Waals surface area contributed by atoms with Crippen molar-refractivity contribution in [2.24, 2.45) is 0 Å². The van der Waals surface area contributed by atoms with Gasteiger partial charge in [-0.3, -0.25) is 4.79 Å². The van der Waals surface area contributed by atoms with Crippen molar-refractivity contribution >= 4 is 5.78 Å². The Morgan fingerprint density at radius 3 is 2.29 bits per heavy atom. The van der Waals surface area contributed by atoms with Crippen LogP contribution in [0.5, 0.6) is 0 Å². The molecular formula is C25H27NO2. The van der Waals surface area contributed by atoms with E-state index in [1.54, 1.807) is 19.1 Å². The Labute approximate surface area is 167 Å². The maximum absolute atomic E-state index is 12.7. The Balaban J connectivity index is 2.94. The largest absolute Gasteiger partial charge is 0.508 e. The fraction of sp³-hybridized carbons (Fsp3) is 0.280. The van der Waals surface area contributed by atoms with E-state index in [-0.39, 0.29) is 11.5 Å². The molecule has 0 spiro atoms. The molecule has 1 aromatic carbocycles. The van der Waals surface area contributed by atoms with Gasteiger partial charge >= 0.3 is 0 Å². The fourth-order valence-electron chi connectivity index (χ4n) is 3.82. The molecule has 1 aromatic rings. The van der Waals surface area contributed by atoms with Crippen molar-refractivity contribution in [3.63, 3.8) is 0 Å². The molecule has 1 atom stereocenters. The van der Waals surface area contributed by atoms with E-state index < -0.39 is 5.92 Å². The molecule has 0 aromatic heterocycles. The third-order valence-electron chi connectivity index (χ3n) is 5.20. The number of carbonyl (C=O) groups is 1. The molecule has 0 heterocycles. The van der Waals surface area contributed by atoms with E-state index in [4.69, 9.17) is 0 Å².